The zero-order valence-electron chi connectivity index (χ0n) is 18.3. The molecule has 3 aromatic rings. The Hall–Kier alpha value is -4.11. The van der Waals surface area contributed by atoms with Crippen molar-refractivity contribution in [3.05, 3.63) is 89.2 Å². The summed E-state index contributed by atoms with van der Waals surface area (Å²) >= 11 is 0. The molecule has 0 bridgehead atoms. The van der Waals surface area contributed by atoms with Gasteiger partial charge in [0.15, 0.2) is 0 Å². The van der Waals surface area contributed by atoms with Gasteiger partial charge in [-0.05, 0) is 72.1 Å². The second-order valence-corrected chi connectivity index (χ2v) is 7.81. The van der Waals surface area contributed by atoms with Crippen LogP contribution in [0.5, 0.6) is 17.2 Å². The minimum atomic E-state index is -0.949. The van der Waals surface area contributed by atoms with Crippen molar-refractivity contribution in [2.24, 2.45) is 5.73 Å². The van der Waals surface area contributed by atoms with Gasteiger partial charge in [0.25, 0.3) is 5.91 Å². The third-order valence-corrected chi connectivity index (χ3v) is 5.42. The Kier molecular flexibility index (Phi) is 6.93. The fraction of sp³-hybridized carbons (Fsp3) is 0.200. The average molecular weight is 465 g/mol. The van der Waals surface area contributed by atoms with Gasteiger partial charge >= 0.3 is 6.03 Å². The quantitative estimate of drug-likeness (QED) is 0.387. The van der Waals surface area contributed by atoms with Crippen molar-refractivity contribution in [3.8, 4) is 17.2 Å². The Bertz CT molecular complexity index is 1170. The zero-order chi connectivity index (χ0) is 24.1. The Labute approximate surface area is 195 Å². The van der Waals surface area contributed by atoms with Crippen LogP contribution in [-0.2, 0) is 13.0 Å². The molecule has 1 heterocycles. The molecule has 0 radical (unpaired) electrons. The predicted octanol–water partition coefficient (Wildman–Crippen LogP) is 3.97. The van der Waals surface area contributed by atoms with Crippen molar-refractivity contribution in [2.75, 3.05) is 19.7 Å². The molecular formula is C25H24FN3O5. The number of primary amides is 1. The molecule has 1 aliphatic rings. The van der Waals surface area contributed by atoms with Gasteiger partial charge in [-0.2, -0.15) is 0 Å². The molecule has 0 saturated carbocycles. The molecule has 0 unspecified atom stereocenters. The third-order valence-electron chi connectivity index (χ3n) is 5.42. The van der Waals surface area contributed by atoms with E-state index in [1.807, 2.05) is 24.3 Å². The Balaban J connectivity index is 1.34. The highest BCUT2D eigenvalue weighted by Gasteiger charge is 2.24. The maximum absolute atomic E-state index is 13.0. The number of urea groups is 1. The van der Waals surface area contributed by atoms with Crippen molar-refractivity contribution in [1.29, 1.82) is 0 Å². The average Bonchev–Trinajstić information content (AvgIpc) is 2.83. The number of halogens is 1. The van der Waals surface area contributed by atoms with Crippen molar-refractivity contribution >= 4 is 11.9 Å². The largest absolute Gasteiger partial charge is 0.492 e. The van der Waals surface area contributed by atoms with Crippen molar-refractivity contribution < 1.29 is 28.7 Å². The molecule has 0 aliphatic carbocycles. The summed E-state index contributed by atoms with van der Waals surface area (Å²) in [4.78, 5) is 25.6. The summed E-state index contributed by atoms with van der Waals surface area (Å²) in [5.74, 6) is 1.34. The van der Waals surface area contributed by atoms with E-state index in [4.69, 9.17) is 15.2 Å². The van der Waals surface area contributed by atoms with Gasteiger partial charge < -0.3 is 20.1 Å². The van der Waals surface area contributed by atoms with Gasteiger partial charge in [0.2, 0.25) is 0 Å². The van der Waals surface area contributed by atoms with E-state index in [1.54, 1.807) is 35.2 Å². The SMILES string of the molecule is NC(=O)N(O)CCOc1ccc2c(c1)CCN(Cc1ccc(Oc3ccc(F)cc3)cc1)C2=O. The number of benzene rings is 3. The van der Waals surface area contributed by atoms with Crippen molar-refractivity contribution in [2.45, 2.75) is 13.0 Å². The summed E-state index contributed by atoms with van der Waals surface area (Å²) in [6.07, 6.45) is 0.678. The molecule has 4 rings (SSSR count). The fourth-order valence-corrected chi connectivity index (χ4v) is 3.64. The molecule has 8 nitrogen and oxygen atoms in total. The minimum absolute atomic E-state index is 0.0605. The van der Waals surface area contributed by atoms with E-state index in [0.29, 0.717) is 47.4 Å². The van der Waals surface area contributed by atoms with Gasteiger partial charge in [-0.3, -0.25) is 10.0 Å². The zero-order valence-corrected chi connectivity index (χ0v) is 18.3. The number of nitrogens with zero attached hydrogens (tertiary/aromatic N) is 2. The first-order chi connectivity index (χ1) is 16.4. The molecule has 0 spiro atoms. The number of carbonyl (C=O) groups is 2. The lowest BCUT2D eigenvalue weighted by atomic mass is 9.98. The number of hydroxylamine groups is 2. The standard InChI is InChI=1S/C25H24FN3O5/c26-19-3-7-21(8-4-19)34-20-5-1-17(2-6-20)16-28-12-11-18-15-22(9-10-23(18)24(28)30)33-14-13-29(32)25(27)31/h1-10,15,32H,11-14,16H2,(H2,27,31). The number of fused-ring (bicyclic) bond motifs is 1. The minimum Gasteiger partial charge on any atom is -0.492 e. The normalized spacial score (nSPS) is 12.8. The van der Waals surface area contributed by atoms with E-state index in [0.717, 1.165) is 11.1 Å². The summed E-state index contributed by atoms with van der Waals surface area (Å²) in [7, 11) is 0. The fourth-order valence-electron chi connectivity index (χ4n) is 3.64. The maximum Gasteiger partial charge on any atom is 0.338 e. The maximum atomic E-state index is 13.0. The molecular weight excluding hydrogens is 441 g/mol. The van der Waals surface area contributed by atoms with E-state index < -0.39 is 6.03 Å². The molecule has 3 amide bonds. The summed E-state index contributed by atoms with van der Waals surface area (Å²) in [6.45, 7) is 1.04. The van der Waals surface area contributed by atoms with Crippen LogP contribution in [0.15, 0.2) is 66.7 Å². The third kappa shape index (κ3) is 5.62. The number of rotatable bonds is 8. The molecule has 0 saturated heterocycles. The molecule has 0 fully saturated rings. The lowest BCUT2D eigenvalue weighted by Crippen LogP contribution is -2.37. The topological polar surface area (TPSA) is 105 Å². The molecule has 176 valence electrons. The highest BCUT2D eigenvalue weighted by atomic mass is 19.1. The second-order valence-electron chi connectivity index (χ2n) is 7.81. The monoisotopic (exact) mass is 465 g/mol. The van der Waals surface area contributed by atoms with Gasteiger partial charge in [-0.1, -0.05) is 12.1 Å². The predicted molar refractivity (Wildman–Crippen MR) is 121 cm³/mol. The van der Waals surface area contributed by atoms with E-state index >= 15 is 0 Å². The molecule has 1 aliphatic heterocycles. The lowest BCUT2D eigenvalue weighted by Gasteiger charge is -2.29. The number of carbonyl (C=O) groups excluding carboxylic acids is 2. The van der Waals surface area contributed by atoms with Crippen LogP contribution in [-0.4, -0.2) is 46.8 Å². The van der Waals surface area contributed by atoms with Gasteiger partial charge in [0.1, 0.15) is 29.7 Å². The molecule has 3 N–H and O–H groups in total. The number of amides is 3. The van der Waals surface area contributed by atoms with Gasteiger partial charge in [0, 0.05) is 18.7 Å². The van der Waals surface area contributed by atoms with Crippen molar-refractivity contribution in [3.63, 3.8) is 0 Å². The highest BCUT2D eigenvalue weighted by Crippen LogP contribution is 2.26. The smallest absolute Gasteiger partial charge is 0.338 e. The van der Waals surface area contributed by atoms with E-state index in [9.17, 15) is 19.2 Å². The molecule has 9 heteroatoms. The Morgan fingerprint density at radius 1 is 1.03 bits per heavy atom. The Morgan fingerprint density at radius 3 is 2.35 bits per heavy atom. The number of hydrogen-bond acceptors (Lipinski definition) is 5. The summed E-state index contributed by atoms with van der Waals surface area (Å²) < 4.78 is 24.3. The summed E-state index contributed by atoms with van der Waals surface area (Å²) in [6, 6.07) is 17.5. The van der Waals surface area contributed by atoms with Crippen LogP contribution in [0, 0.1) is 5.82 Å². The Morgan fingerprint density at radius 2 is 1.68 bits per heavy atom. The molecule has 0 atom stereocenters. The molecule has 3 aromatic carbocycles. The van der Waals surface area contributed by atoms with Crippen LogP contribution < -0.4 is 15.2 Å². The summed E-state index contributed by atoms with van der Waals surface area (Å²) in [5, 5.41) is 9.66. The van der Waals surface area contributed by atoms with Gasteiger partial charge in [-0.15, -0.1) is 0 Å². The first kappa shape index (κ1) is 23.1. The van der Waals surface area contributed by atoms with Crippen LogP contribution in [0.2, 0.25) is 0 Å². The van der Waals surface area contributed by atoms with E-state index in [-0.39, 0.29) is 24.9 Å². The number of ether oxygens (including phenoxy) is 2. The van der Waals surface area contributed by atoms with Crippen LogP contribution in [0.1, 0.15) is 21.5 Å². The van der Waals surface area contributed by atoms with Crippen LogP contribution >= 0.6 is 0 Å². The first-order valence-corrected chi connectivity index (χ1v) is 10.7. The number of hydrogen-bond donors (Lipinski definition) is 2. The highest BCUT2D eigenvalue weighted by molar-refractivity contribution is 5.96. The van der Waals surface area contributed by atoms with Crippen LogP contribution in [0.3, 0.4) is 0 Å². The second kappa shape index (κ2) is 10.2. The number of nitrogens with two attached hydrogens (primary N) is 1. The molecule has 0 aromatic heterocycles. The van der Waals surface area contributed by atoms with E-state index in [2.05, 4.69) is 0 Å². The first-order valence-electron chi connectivity index (χ1n) is 10.7. The molecule has 34 heavy (non-hydrogen) atoms. The van der Waals surface area contributed by atoms with Gasteiger partial charge in [-0.25, -0.2) is 14.2 Å². The van der Waals surface area contributed by atoms with Gasteiger partial charge in [0.05, 0.1) is 6.54 Å². The lowest BCUT2D eigenvalue weighted by molar-refractivity contribution is -0.0464. The summed E-state index contributed by atoms with van der Waals surface area (Å²) in [5.41, 5.74) is 7.43. The van der Waals surface area contributed by atoms with Crippen LogP contribution in [0.25, 0.3) is 0 Å². The van der Waals surface area contributed by atoms with E-state index in [1.165, 1.54) is 12.1 Å². The van der Waals surface area contributed by atoms with Crippen molar-refractivity contribution in [1.82, 2.24) is 9.96 Å². The van der Waals surface area contributed by atoms with Crippen LogP contribution in [0.4, 0.5) is 9.18 Å².